The molecule has 2 atom stereocenters. The van der Waals surface area contributed by atoms with Crippen LogP contribution in [0.2, 0.25) is 0 Å². The summed E-state index contributed by atoms with van der Waals surface area (Å²) in [6.45, 7) is 4.76. The second kappa shape index (κ2) is 7.28. The van der Waals surface area contributed by atoms with Gasteiger partial charge in [0.2, 0.25) is 6.23 Å². The Morgan fingerprint density at radius 3 is 2.52 bits per heavy atom. The zero-order valence-electron chi connectivity index (χ0n) is 16.7. The van der Waals surface area contributed by atoms with Crippen LogP contribution < -0.4 is 9.47 Å². The zero-order chi connectivity index (χ0) is 19.8. The summed E-state index contributed by atoms with van der Waals surface area (Å²) < 4.78 is 12.0. The molecule has 0 saturated carbocycles. The molecule has 0 aliphatic carbocycles. The van der Waals surface area contributed by atoms with Gasteiger partial charge in [-0.1, -0.05) is 48.0 Å². The molecule has 2 aliphatic heterocycles. The molecule has 0 radical (unpaired) electrons. The third-order valence-electron chi connectivity index (χ3n) is 5.56. The number of nitrogens with zero attached hydrogens (tertiary/aromatic N) is 2. The Hall–Kier alpha value is -3.27. The topological polar surface area (TPSA) is 34.1 Å². The highest BCUT2D eigenvalue weighted by atomic mass is 16.5. The van der Waals surface area contributed by atoms with Crippen molar-refractivity contribution in [3.05, 3.63) is 95.1 Å². The second-order valence-electron chi connectivity index (χ2n) is 7.52. The number of hydrogen-bond acceptors (Lipinski definition) is 4. The lowest BCUT2D eigenvalue weighted by atomic mass is 9.95. The molecule has 3 aromatic rings. The molecule has 5 rings (SSSR count). The Balaban J connectivity index is 1.53. The quantitative estimate of drug-likeness (QED) is 0.584. The van der Waals surface area contributed by atoms with Crippen molar-refractivity contribution in [2.24, 2.45) is 5.10 Å². The average molecular weight is 384 g/mol. The van der Waals surface area contributed by atoms with Crippen LogP contribution in [0, 0.1) is 6.92 Å². The summed E-state index contributed by atoms with van der Waals surface area (Å²) in [4.78, 5) is 0. The summed E-state index contributed by atoms with van der Waals surface area (Å²) in [7, 11) is 0. The minimum atomic E-state index is -0.256. The molecule has 3 aromatic carbocycles. The standard InChI is InChI=1S/C25H24N2O2/c1-3-28-20-14-12-19(13-15-20)25-27-23(21-6-4-5-7-24(21)29-25)16-22(26-27)18-10-8-17(2)9-11-18/h4-15,23,25H,3,16H2,1-2H3. The largest absolute Gasteiger partial charge is 0.494 e. The van der Waals surface area contributed by atoms with E-state index in [0.29, 0.717) is 6.61 Å². The van der Waals surface area contributed by atoms with Crippen LogP contribution in [0.1, 0.15) is 47.9 Å². The van der Waals surface area contributed by atoms with E-state index in [0.717, 1.165) is 29.2 Å². The molecule has 4 heteroatoms. The van der Waals surface area contributed by atoms with Gasteiger partial charge in [0.15, 0.2) is 0 Å². The first-order valence-electron chi connectivity index (χ1n) is 10.1. The van der Waals surface area contributed by atoms with E-state index < -0.39 is 0 Å². The van der Waals surface area contributed by atoms with Crippen molar-refractivity contribution in [2.45, 2.75) is 32.5 Å². The van der Waals surface area contributed by atoms with E-state index in [9.17, 15) is 0 Å². The maximum atomic E-state index is 6.41. The predicted molar refractivity (Wildman–Crippen MR) is 114 cm³/mol. The number of fused-ring (bicyclic) bond motifs is 3. The van der Waals surface area contributed by atoms with Gasteiger partial charge in [0.05, 0.1) is 18.4 Å². The van der Waals surface area contributed by atoms with Crippen molar-refractivity contribution < 1.29 is 9.47 Å². The molecule has 0 aromatic heterocycles. The predicted octanol–water partition coefficient (Wildman–Crippen LogP) is 5.64. The van der Waals surface area contributed by atoms with Gasteiger partial charge < -0.3 is 9.47 Å². The van der Waals surface area contributed by atoms with Crippen LogP contribution in [0.25, 0.3) is 0 Å². The molecule has 0 fully saturated rings. The molecule has 2 heterocycles. The third-order valence-corrected chi connectivity index (χ3v) is 5.56. The summed E-state index contributed by atoms with van der Waals surface area (Å²) in [5.74, 6) is 1.81. The fourth-order valence-electron chi connectivity index (χ4n) is 4.07. The first-order valence-corrected chi connectivity index (χ1v) is 10.1. The molecular weight excluding hydrogens is 360 g/mol. The molecule has 0 amide bonds. The molecule has 0 bridgehead atoms. The van der Waals surface area contributed by atoms with E-state index >= 15 is 0 Å². The SMILES string of the molecule is CCOc1ccc(C2Oc3ccccc3C3CC(c4ccc(C)cc4)=NN32)cc1. The van der Waals surface area contributed by atoms with Crippen molar-refractivity contribution in [2.75, 3.05) is 6.61 Å². The second-order valence-corrected chi connectivity index (χ2v) is 7.52. The van der Waals surface area contributed by atoms with Crippen molar-refractivity contribution in [1.82, 2.24) is 5.01 Å². The van der Waals surface area contributed by atoms with Crippen molar-refractivity contribution in [3.63, 3.8) is 0 Å². The van der Waals surface area contributed by atoms with E-state index in [1.807, 2.05) is 25.1 Å². The maximum absolute atomic E-state index is 6.41. The summed E-state index contributed by atoms with van der Waals surface area (Å²) in [6, 6.07) is 25.2. The summed E-state index contributed by atoms with van der Waals surface area (Å²) in [5, 5.41) is 7.14. The normalized spacial score (nSPS) is 19.8. The highest BCUT2D eigenvalue weighted by molar-refractivity contribution is 6.02. The molecule has 2 unspecified atom stereocenters. The van der Waals surface area contributed by atoms with Gasteiger partial charge in [-0.25, -0.2) is 5.01 Å². The Labute approximate surface area is 171 Å². The van der Waals surface area contributed by atoms with Gasteiger partial charge in [-0.2, -0.15) is 5.10 Å². The van der Waals surface area contributed by atoms with Crippen LogP contribution in [-0.2, 0) is 0 Å². The maximum Gasteiger partial charge on any atom is 0.213 e. The summed E-state index contributed by atoms with van der Waals surface area (Å²) in [5.41, 5.74) is 5.80. The number of para-hydroxylation sites is 1. The minimum absolute atomic E-state index is 0.174. The van der Waals surface area contributed by atoms with Gasteiger partial charge in [0.1, 0.15) is 11.5 Å². The smallest absolute Gasteiger partial charge is 0.213 e. The number of ether oxygens (including phenoxy) is 2. The first kappa shape index (κ1) is 17.8. The number of hydrogen-bond donors (Lipinski definition) is 0. The van der Waals surface area contributed by atoms with Crippen molar-refractivity contribution in [3.8, 4) is 11.5 Å². The van der Waals surface area contributed by atoms with E-state index in [2.05, 4.69) is 66.5 Å². The van der Waals surface area contributed by atoms with Gasteiger partial charge in [0.25, 0.3) is 0 Å². The highest BCUT2D eigenvalue weighted by Crippen LogP contribution is 2.47. The van der Waals surface area contributed by atoms with Gasteiger partial charge in [0, 0.05) is 17.5 Å². The van der Waals surface area contributed by atoms with Crippen LogP contribution in [0.5, 0.6) is 11.5 Å². The molecule has 0 N–H and O–H groups in total. The Kier molecular flexibility index (Phi) is 4.47. The molecule has 146 valence electrons. The summed E-state index contributed by atoms with van der Waals surface area (Å²) >= 11 is 0. The van der Waals surface area contributed by atoms with Crippen molar-refractivity contribution >= 4 is 5.71 Å². The van der Waals surface area contributed by atoms with Gasteiger partial charge >= 0.3 is 0 Å². The number of aryl methyl sites for hydroxylation is 1. The Bertz CT molecular complexity index is 1040. The van der Waals surface area contributed by atoms with Crippen LogP contribution in [0.3, 0.4) is 0 Å². The molecule has 0 spiro atoms. The molecule has 2 aliphatic rings. The van der Waals surface area contributed by atoms with Gasteiger partial charge in [-0.05, 0) is 49.7 Å². The zero-order valence-corrected chi connectivity index (χ0v) is 16.7. The first-order chi connectivity index (χ1) is 14.2. The lowest BCUT2D eigenvalue weighted by molar-refractivity contribution is -0.0190. The third kappa shape index (κ3) is 3.25. The highest BCUT2D eigenvalue weighted by Gasteiger charge is 2.40. The number of hydrazone groups is 1. The van der Waals surface area contributed by atoms with Crippen LogP contribution in [0.15, 0.2) is 77.9 Å². The lowest BCUT2D eigenvalue weighted by Gasteiger charge is -2.38. The van der Waals surface area contributed by atoms with E-state index in [1.54, 1.807) is 0 Å². The number of benzene rings is 3. The van der Waals surface area contributed by atoms with Crippen LogP contribution >= 0.6 is 0 Å². The Morgan fingerprint density at radius 2 is 1.76 bits per heavy atom. The molecule has 4 nitrogen and oxygen atoms in total. The van der Waals surface area contributed by atoms with Crippen LogP contribution in [0.4, 0.5) is 0 Å². The fourth-order valence-corrected chi connectivity index (χ4v) is 4.07. The molecule has 29 heavy (non-hydrogen) atoms. The Morgan fingerprint density at radius 1 is 1.00 bits per heavy atom. The minimum Gasteiger partial charge on any atom is -0.494 e. The lowest BCUT2D eigenvalue weighted by Crippen LogP contribution is -2.33. The monoisotopic (exact) mass is 384 g/mol. The fraction of sp³-hybridized carbons (Fsp3) is 0.240. The van der Waals surface area contributed by atoms with Crippen molar-refractivity contribution in [1.29, 1.82) is 0 Å². The van der Waals surface area contributed by atoms with Crippen LogP contribution in [-0.4, -0.2) is 17.3 Å². The van der Waals surface area contributed by atoms with E-state index in [-0.39, 0.29) is 12.3 Å². The molecular formula is C25H24N2O2. The average Bonchev–Trinajstić information content (AvgIpc) is 3.20. The van der Waals surface area contributed by atoms with E-state index in [4.69, 9.17) is 14.6 Å². The molecule has 0 saturated heterocycles. The van der Waals surface area contributed by atoms with Gasteiger partial charge in [-0.15, -0.1) is 0 Å². The van der Waals surface area contributed by atoms with E-state index in [1.165, 1.54) is 16.7 Å². The summed E-state index contributed by atoms with van der Waals surface area (Å²) in [6.07, 6.45) is 0.616. The van der Waals surface area contributed by atoms with Gasteiger partial charge in [-0.3, -0.25) is 0 Å². The number of rotatable bonds is 4.